The SMILES string of the molecule is O=C(CSc1ccccc1)N1CCCC2(CCCNC2)C1. The lowest BCUT2D eigenvalue weighted by molar-refractivity contribution is -0.132. The number of amides is 1. The number of hydrogen-bond acceptors (Lipinski definition) is 3. The van der Waals surface area contributed by atoms with Gasteiger partial charge in [0.2, 0.25) is 5.91 Å². The highest BCUT2D eigenvalue weighted by Gasteiger charge is 2.37. The predicted octanol–water partition coefficient (Wildman–Crippen LogP) is 2.77. The van der Waals surface area contributed by atoms with Gasteiger partial charge in [0.15, 0.2) is 0 Å². The molecule has 1 amide bonds. The summed E-state index contributed by atoms with van der Waals surface area (Å²) in [5.41, 5.74) is 0.351. The summed E-state index contributed by atoms with van der Waals surface area (Å²) < 4.78 is 0. The van der Waals surface area contributed by atoms with E-state index in [2.05, 4.69) is 22.3 Å². The monoisotopic (exact) mass is 304 g/mol. The highest BCUT2D eigenvalue weighted by atomic mass is 32.2. The Kier molecular flexibility index (Phi) is 4.86. The molecule has 0 radical (unpaired) electrons. The second-order valence-electron chi connectivity index (χ2n) is 6.30. The van der Waals surface area contributed by atoms with Gasteiger partial charge in [-0.05, 0) is 44.4 Å². The molecule has 2 fully saturated rings. The van der Waals surface area contributed by atoms with Crippen LogP contribution in [0.4, 0.5) is 0 Å². The molecule has 1 N–H and O–H groups in total. The number of piperidine rings is 2. The Labute approximate surface area is 131 Å². The lowest BCUT2D eigenvalue weighted by atomic mass is 9.74. The zero-order valence-corrected chi connectivity index (χ0v) is 13.3. The summed E-state index contributed by atoms with van der Waals surface area (Å²) in [5.74, 6) is 0.863. The van der Waals surface area contributed by atoms with Crippen molar-refractivity contribution in [3.8, 4) is 0 Å². The molecular weight excluding hydrogens is 280 g/mol. The summed E-state index contributed by atoms with van der Waals surface area (Å²) in [6.45, 7) is 4.12. The molecule has 4 heteroatoms. The molecule has 114 valence electrons. The van der Waals surface area contributed by atoms with Crippen LogP contribution in [-0.2, 0) is 4.79 Å². The van der Waals surface area contributed by atoms with E-state index in [1.807, 2.05) is 18.2 Å². The van der Waals surface area contributed by atoms with E-state index in [-0.39, 0.29) is 0 Å². The molecular formula is C17H24N2OS. The molecule has 3 rings (SSSR count). The molecule has 21 heavy (non-hydrogen) atoms. The van der Waals surface area contributed by atoms with Crippen molar-refractivity contribution < 1.29 is 4.79 Å². The van der Waals surface area contributed by atoms with Gasteiger partial charge in [-0.3, -0.25) is 4.79 Å². The van der Waals surface area contributed by atoms with Gasteiger partial charge < -0.3 is 10.2 Å². The van der Waals surface area contributed by atoms with Crippen LogP contribution in [0.25, 0.3) is 0 Å². The van der Waals surface area contributed by atoms with Crippen LogP contribution in [0.2, 0.25) is 0 Å². The van der Waals surface area contributed by atoms with Crippen LogP contribution in [-0.4, -0.2) is 42.7 Å². The minimum atomic E-state index is 0.300. The summed E-state index contributed by atoms with van der Waals surface area (Å²) in [6.07, 6.45) is 4.95. The molecule has 2 heterocycles. The topological polar surface area (TPSA) is 32.3 Å². The van der Waals surface area contributed by atoms with E-state index >= 15 is 0 Å². The number of nitrogens with zero attached hydrogens (tertiary/aromatic N) is 1. The normalized spacial score (nSPS) is 26.0. The molecule has 0 saturated carbocycles. The van der Waals surface area contributed by atoms with Crippen LogP contribution < -0.4 is 5.32 Å². The molecule has 2 saturated heterocycles. The first-order valence-electron chi connectivity index (χ1n) is 7.94. The number of thioether (sulfide) groups is 1. The molecule has 0 aromatic heterocycles. The van der Waals surface area contributed by atoms with Gasteiger partial charge in [-0.1, -0.05) is 18.2 Å². The van der Waals surface area contributed by atoms with Gasteiger partial charge in [0.1, 0.15) is 0 Å². The number of rotatable bonds is 3. The van der Waals surface area contributed by atoms with Crippen molar-refractivity contribution >= 4 is 17.7 Å². The minimum Gasteiger partial charge on any atom is -0.341 e. The Morgan fingerprint density at radius 1 is 1.24 bits per heavy atom. The van der Waals surface area contributed by atoms with Gasteiger partial charge in [0.05, 0.1) is 5.75 Å². The van der Waals surface area contributed by atoms with Crippen LogP contribution in [0, 0.1) is 5.41 Å². The van der Waals surface area contributed by atoms with Gasteiger partial charge >= 0.3 is 0 Å². The molecule has 2 aliphatic heterocycles. The fourth-order valence-electron chi connectivity index (χ4n) is 3.55. The van der Waals surface area contributed by atoms with Crippen molar-refractivity contribution in [3.05, 3.63) is 30.3 Å². The highest BCUT2D eigenvalue weighted by molar-refractivity contribution is 8.00. The van der Waals surface area contributed by atoms with E-state index in [9.17, 15) is 4.79 Å². The maximum Gasteiger partial charge on any atom is 0.232 e. The first kappa shape index (κ1) is 14.9. The lowest BCUT2D eigenvalue weighted by Crippen LogP contribution is -2.52. The van der Waals surface area contributed by atoms with E-state index in [0.717, 1.165) is 32.6 Å². The van der Waals surface area contributed by atoms with Crippen LogP contribution in [0.3, 0.4) is 0 Å². The Bertz CT molecular complexity index is 465. The van der Waals surface area contributed by atoms with E-state index < -0.39 is 0 Å². The minimum absolute atomic E-state index is 0.300. The van der Waals surface area contributed by atoms with Gasteiger partial charge in [0.25, 0.3) is 0 Å². The summed E-state index contributed by atoms with van der Waals surface area (Å²) in [7, 11) is 0. The van der Waals surface area contributed by atoms with Crippen molar-refractivity contribution in [1.29, 1.82) is 0 Å². The molecule has 0 bridgehead atoms. The molecule has 1 aromatic rings. The van der Waals surface area contributed by atoms with E-state index in [4.69, 9.17) is 0 Å². The molecule has 2 aliphatic rings. The second kappa shape index (κ2) is 6.84. The molecule has 1 aromatic carbocycles. The van der Waals surface area contributed by atoms with Crippen LogP contribution in [0.15, 0.2) is 35.2 Å². The van der Waals surface area contributed by atoms with Crippen molar-refractivity contribution in [2.45, 2.75) is 30.6 Å². The first-order valence-corrected chi connectivity index (χ1v) is 8.92. The summed E-state index contributed by atoms with van der Waals surface area (Å²) in [6, 6.07) is 10.2. The summed E-state index contributed by atoms with van der Waals surface area (Å²) in [5, 5.41) is 3.52. The van der Waals surface area contributed by atoms with Crippen molar-refractivity contribution in [2.24, 2.45) is 5.41 Å². The molecule has 3 nitrogen and oxygen atoms in total. The van der Waals surface area contributed by atoms with Crippen molar-refractivity contribution in [1.82, 2.24) is 10.2 Å². The van der Waals surface area contributed by atoms with E-state index in [1.54, 1.807) is 11.8 Å². The Morgan fingerprint density at radius 3 is 2.81 bits per heavy atom. The first-order chi connectivity index (χ1) is 10.3. The van der Waals surface area contributed by atoms with Crippen LogP contribution >= 0.6 is 11.8 Å². The standard InChI is InChI=1S/C17H24N2OS/c20-16(12-21-15-6-2-1-3-7-15)19-11-5-9-17(14-19)8-4-10-18-13-17/h1-3,6-7,18H,4-5,8-14H2. The Hall–Kier alpha value is -1.00. The Balaban J connectivity index is 1.54. The third-order valence-corrected chi connectivity index (χ3v) is 5.68. The number of hydrogen-bond donors (Lipinski definition) is 1. The Morgan fingerprint density at radius 2 is 2.05 bits per heavy atom. The smallest absolute Gasteiger partial charge is 0.232 e. The number of likely N-dealkylation sites (tertiary alicyclic amines) is 1. The summed E-state index contributed by atoms with van der Waals surface area (Å²) in [4.78, 5) is 15.8. The maximum atomic E-state index is 12.5. The van der Waals surface area contributed by atoms with Gasteiger partial charge in [-0.25, -0.2) is 0 Å². The van der Waals surface area contributed by atoms with Crippen LogP contribution in [0.5, 0.6) is 0 Å². The van der Waals surface area contributed by atoms with E-state index in [1.165, 1.54) is 24.2 Å². The van der Waals surface area contributed by atoms with Crippen LogP contribution in [0.1, 0.15) is 25.7 Å². The number of nitrogens with one attached hydrogen (secondary N) is 1. The van der Waals surface area contributed by atoms with Gasteiger partial charge in [-0.15, -0.1) is 11.8 Å². The predicted molar refractivity (Wildman–Crippen MR) is 87.5 cm³/mol. The number of carbonyl (C=O) groups excluding carboxylic acids is 1. The fourth-order valence-corrected chi connectivity index (χ4v) is 4.37. The third kappa shape index (κ3) is 3.80. The zero-order chi connectivity index (χ0) is 14.5. The molecule has 1 unspecified atom stereocenters. The number of carbonyl (C=O) groups is 1. The quantitative estimate of drug-likeness (QED) is 0.872. The largest absolute Gasteiger partial charge is 0.341 e. The van der Waals surface area contributed by atoms with Gasteiger partial charge in [-0.2, -0.15) is 0 Å². The summed E-state index contributed by atoms with van der Waals surface area (Å²) >= 11 is 1.65. The average Bonchev–Trinajstić information content (AvgIpc) is 2.54. The zero-order valence-electron chi connectivity index (χ0n) is 12.5. The van der Waals surface area contributed by atoms with E-state index in [0.29, 0.717) is 17.1 Å². The third-order valence-electron chi connectivity index (χ3n) is 4.68. The lowest BCUT2D eigenvalue weighted by Gasteiger charge is -2.45. The fraction of sp³-hybridized carbons (Fsp3) is 0.588. The van der Waals surface area contributed by atoms with Crippen molar-refractivity contribution in [3.63, 3.8) is 0 Å². The molecule has 0 aliphatic carbocycles. The maximum absolute atomic E-state index is 12.5. The molecule has 1 spiro atoms. The second-order valence-corrected chi connectivity index (χ2v) is 7.35. The highest BCUT2D eigenvalue weighted by Crippen LogP contribution is 2.36. The van der Waals surface area contributed by atoms with Crippen molar-refractivity contribution in [2.75, 3.05) is 31.9 Å². The number of benzene rings is 1. The molecule has 1 atom stereocenters. The average molecular weight is 304 g/mol. The van der Waals surface area contributed by atoms with Gasteiger partial charge in [0, 0.05) is 29.9 Å².